The van der Waals surface area contributed by atoms with Gasteiger partial charge in [-0.05, 0) is 38.1 Å². The second kappa shape index (κ2) is 7.66. The van der Waals surface area contributed by atoms with Crippen molar-refractivity contribution in [1.82, 2.24) is 14.8 Å². The first-order valence-electron chi connectivity index (χ1n) is 9.13. The van der Waals surface area contributed by atoms with Crippen molar-refractivity contribution in [2.45, 2.75) is 26.8 Å². The Kier molecular flexibility index (Phi) is 5.09. The van der Waals surface area contributed by atoms with E-state index in [4.69, 9.17) is 9.72 Å². The van der Waals surface area contributed by atoms with Gasteiger partial charge in [-0.3, -0.25) is 9.48 Å². The van der Waals surface area contributed by atoms with E-state index in [9.17, 15) is 4.79 Å². The summed E-state index contributed by atoms with van der Waals surface area (Å²) < 4.78 is 8.35. The molecular formula is C19H23N5O2S. The smallest absolute Gasteiger partial charge is 0.226 e. The average Bonchev–Trinajstić information content (AvgIpc) is 3.22. The second-order valence-electron chi connectivity index (χ2n) is 6.73. The number of aromatic nitrogens is 3. The first-order valence-corrected chi connectivity index (χ1v) is 9.94. The minimum atomic E-state index is -0.0141. The van der Waals surface area contributed by atoms with Gasteiger partial charge in [0, 0.05) is 37.4 Å². The molecule has 0 atom stereocenters. The fourth-order valence-corrected chi connectivity index (χ4v) is 4.27. The van der Waals surface area contributed by atoms with Crippen LogP contribution in [0.3, 0.4) is 0 Å². The predicted octanol–water partition coefficient (Wildman–Crippen LogP) is 2.98. The Balaban J connectivity index is 1.40. The molecular weight excluding hydrogens is 362 g/mol. The van der Waals surface area contributed by atoms with Crippen molar-refractivity contribution in [3.8, 4) is 0 Å². The van der Waals surface area contributed by atoms with Gasteiger partial charge in [-0.15, -0.1) is 0 Å². The Morgan fingerprint density at radius 2 is 2.07 bits per heavy atom. The number of nitrogens with zero attached hydrogens (tertiary/aromatic N) is 4. The van der Waals surface area contributed by atoms with Crippen LogP contribution in [0.1, 0.15) is 17.8 Å². The number of nitrogens with one attached hydrogen (secondary N) is 1. The number of amides is 1. The van der Waals surface area contributed by atoms with Crippen LogP contribution in [0.2, 0.25) is 0 Å². The number of ether oxygens (including phenoxy) is 1. The zero-order chi connectivity index (χ0) is 18.8. The highest BCUT2D eigenvalue weighted by Gasteiger charge is 2.16. The topological polar surface area (TPSA) is 72.3 Å². The van der Waals surface area contributed by atoms with Crippen molar-refractivity contribution >= 4 is 38.3 Å². The van der Waals surface area contributed by atoms with Gasteiger partial charge in [-0.2, -0.15) is 5.10 Å². The third-order valence-electron chi connectivity index (χ3n) is 4.60. The zero-order valence-corrected chi connectivity index (χ0v) is 16.4. The van der Waals surface area contributed by atoms with E-state index >= 15 is 0 Å². The summed E-state index contributed by atoms with van der Waals surface area (Å²) in [6.45, 7) is 7.76. The maximum atomic E-state index is 12.3. The van der Waals surface area contributed by atoms with E-state index < -0.39 is 0 Å². The SMILES string of the molecule is Cc1cc(C)n(CCC(=O)Nc2ccc3nc(N4CCOCC4)sc3c2)n1. The van der Waals surface area contributed by atoms with Crippen LogP contribution in [0.25, 0.3) is 10.2 Å². The number of hydrogen-bond donors (Lipinski definition) is 1. The summed E-state index contributed by atoms with van der Waals surface area (Å²) in [4.78, 5) is 19.3. The van der Waals surface area contributed by atoms with Crippen LogP contribution in [0, 0.1) is 13.8 Å². The van der Waals surface area contributed by atoms with Gasteiger partial charge in [0.05, 0.1) is 29.1 Å². The average molecular weight is 385 g/mol. The first-order chi connectivity index (χ1) is 13.1. The van der Waals surface area contributed by atoms with Gasteiger partial charge >= 0.3 is 0 Å². The number of fused-ring (bicyclic) bond motifs is 1. The minimum Gasteiger partial charge on any atom is -0.378 e. The molecule has 0 spiro atoms. The highest BCUT2D eigenvalue weighted by molar-refractivity contribution is 7.22. The molecule has 142 valence electrons. The normalized spacial score (nSPS) is 14.7. The van der Waals surface area contributed by atoms with E-state index in [0.29, 0.717) is 13.0 Å². The Morgan fingerprint density at radius 3 is 2.81 bits per heavy atom. The van der Waals surface area contributed by atoms with E-state index in [0.717, 1.165) is 58.7 Å². The summed E-state index contributed by atoms with van der Waals surface area (Å²) in [6, 6.07) is 7.89. The molecule has 7 nitrogen and oxygen atoms in total. The Hall–Kier alpha value is -2.45. The monoisotopic (exact) mass is 385 g/mol. The third kappa shape index (κ3) is 4.12. The van der Waals surface area contributed by atoms with Gasteiger partial charge in [0.2, 0.25) is 5.91 Å². The standard InChI is InChI=1S/C19H23N5O2S/c1-13-11-14(2)24(22-13)6-5-18(25)20-15-3-4-16-17(12-15)27-19(21-16)23-7-9-26-10-8-23/h3-4,11-12H,5-10H2,1-2H3,(H,20,25). The molecule has 1 saturated heterocycles. The van der Waals surface area contributed by atoms with Crippen LogP contribution in [0.5, 0.6) is 0 Å². The van der Waals surface area contributed by atoms with Crippen molar-refractivity contribution in [1.29, 1.82) is 0 Å². The number of carbonyl (C=O) groups is 1. The van der Waals surface area contributed by atoms with E-state index in [1.54, 1.807) is 11.3 Å². The number of anilines is 2. The van der Waals surface area contributed by atoms with Crippen molar-refractivity contribution in [2.75, 3.05) is 36.5 Å². The zero-order valence-electron chi connectivity index (χ0n) is 15.6. The van der Waals surface area contributed by atoms with Gasteiger partial charge in [0.15, 0.2) is 5.13 Å². The fraction of sp³-hybridized carbons (Fsp3) is 0.421. The number of thiazole rings is 1. The highest BCUT2D eigenvalue weighted by atomic mass is 32.1. The van der Waals surface area contributed by atoms with Gasteiger partial charge in [-0.1, -0.05) is 11.3 Å². The maximum Gasteiger partial charge on any atom is 0.226 e. The van der Waals surface area contributed by atoms with Crippen LogP contribution >= 0.6 is 11.3 Å². The van der Waals surface area contributed by atoms with E-state index in [1.165, 1.54) is 0 Å². The molecule has 0 bridgehead atoms. The lowest BCUT2D eigenvalue weighted by atomic mass is 10.3. The van der Waals surface area contributed by atoms with Crippen molar-refractivity contribution in [3.63, 3.8) is 0 Å². The largest absolute Gasteiger partial charge is 0.378 e. The molecule has 1 N–H and O–H groups in total. The Labute approximate surface area is 162 Å². The molecule has 27 heavy (non-hydrogen) atoms. The molecule has 1 fully saturated rings. The lowest BCUT2D eigenvalue weighted by molar-refractivity contribution is -0.116. The van der Waals surface area contributed by atoms with Crippen molar-refractivity contribution in [2.24, 2.45) is 0 Å². The fourth-order valence-electron chi connectivity index (χ4n) is 3.21. The summed E-state index contributed by atoms with van der Waals surface area (Å²) in [5.41, 5.74) is 3.81. The number of benzene rings is 1. The Bertz CT molecular complexity index is 958. The van der Waals surface area contributed by atoms with Crippen LogP contribution in [-0.4, -0.2) is 47.0 Å². The van der Waals surface area contributed by atoms with Crippen molar-refractivity contribution in [3.05, 3.63) is 35.7 Å². The van der Waals surface area contributed by atoms with Gasteiger partial charge in [0.1, 0.15) is 0 Å². The number of morpholine rings is 1. The molecule has 0 unspecified atom stereocenters. The molecule has 3 aromatic rings. The molecule has 3 heterocycles. The van der Waals surface area contributed by atoms with E-state index in [-0.39, 0.29) is 5.91 Å². The number of carbonyl (C=O) groups excluding carboxylic acids is 1. The highest BCUT2D eigenvalue weighted by Crippen LogP contribution is 2.31. The van der Waals surface area contributed by atoms with Gasteiger partial charge in [-0.25, -0.2) is 4.98 Å². The minimum absolute atomic E-state index is 0.0141. The molecule has 1 aromatic carbocycles. The van der Waals surface area contributed by atoms with E-state index in [2.05, 4.69) is 15.3 Å². The maximum absolute atomic E-state index is 12.3. The summed E-state index contributed by atoms with van der Waals surface area (Å²) in [5.74, 6) is -0.0141. The summed E-state index contributed by atoms with van der Waals surface area (Å²) in [5, 5.41) is 8.39. The van der Waals surface area contributed by atoms with Gasteiger partial charge in [0.25, 0.3) is 0 Å². The molecule has 0 saturated carbocycles. The lowest BCUT2D eigenvalue weighted by Crippen LogP contribution is -2.36. The molecule has 0 aliphatic carbocycles. The summed E-state index contributed by atoms with van der Waals surface area (Å²) >= 11 is 1.65. The molecule has 2 aromatic heterocycles. The van der Waals surface area contributed by atoms with Crippen LogP contribution in [0.4, 0.5) is 10.8 Å². The van der Waals surface area contributed by atoms with Crippen LogP contribution < -0.4 is 10.2 Å². The molecule has 1 aliphatic heterocycles. The number of aryl methyl sites for hydroxylation is 3. The van der Waals surface area contributed by atoms with Crippen LogP contribution in [0.15, 0.2) is 24.3 Å². The lowest BCUT2D eigenvalue weighted by Gasteiger charge is -2.25. The number of rotatable bonds is 5. The first kappa shape index (κ1) is 17.9. The second-order valence-corrected chi connectivity index (χ2v) is 7.74. The quantitative estimate of drug-likeness (QED) is 0.731. The Morgan fingerprint density at radius 1 is 1.26 bits per heavy atom. The molecule has 4 rings (SSSR count). The number of hydrogen-bond acceptors (Lipinski definition) is 6. The molecule has 8 heteroatoms. The third-order valence-corrected chi connectivity index (χ3v) is 5.68. The summed E-state index contributed by atoms with van der Waals surface area (Å²) in [7, 11) is 0. The van der Waals surface area contributed by atoms with Crippen molar-refractivity contribution < 1.29 is 9.53 Å². The van der Waals surface area contributed by atoms with E-state index in [1.807, 2.05) is 42.8 Å². The predicted molar refractivity (Wildman–Crippen MR) is 108 cm³/mol. The molecule has 1 aliphatic rings. The molecule has 1 amide bonds. The van der Waals surface area contributed by atoms with Gasteiger partial charge < -0.3 is 15.0 Å². The summed E-state index contributed by atoms with van der Waals surface area (Å²) in [6.07, 6.45) is 0.391. The molecule has 0 radical (unpaired) electrons. The van der Waals surface area contributed by atoms with Crippen LogP contribution in [-0.2, 0) is 16.1 Å².